The Hall–Kier alpha value is -0.120. The summed E-state index contributed by atoms with van der Waals surface area (Å²) in [6.07, 6.45) is 3.80. The van der Waals surface area contributed by atoms with Crippen molar-refractivity contribution in [2.45, 2.75) is 26.2 Å². The Morgan fingerprint density at radius 1 is 1.36 bits per heavy atom. The number of likely N-dealkylation sites (tertiary alicyclic amines) is 1. The van der Waals surface area contributed by atoms with Gasteiger partial charge in [-0.2, -0.15) is 0 Å². The maximum absolute atomic E-state index is 8.49. The highest BCUT2D eigenvalue weighted by Gasteiger charge is 2.24. The smallest absolute Gasteiger partial charge is 0.0697 e. The van der Waals surface area contributed by atoms with Crippen LogP contribution in [0.4, 0.5) is 0 Å². The van der Waals surface area contributed by atoms with E-state index in [-0.39, 0.29) is 6.61 Å². The van der Waals surface area contributed by atoms with E-state index < -0.39 is 0 Å². The maximum atomic E-state index is 8.49. The minimum Gasteiger partial charge on any atom is -0.394 e. The number of nitrogens with zero attached hydrogens (tertiary/aromatic N) is 1. The Balaban J connectivity index is 1.81. The SMILES string of the molecule is CCCC1CN(CCCOCCO)C1. The lowest BCUT2D eigenvalue weighted by atomic mass is 9.95. The average Bonchev–Trinajstić information content (AvgIpc) is 2.13. The van der Waals surface area contributed by atoms with E-state index in [1.807, 2.05) is 0 Å². The van der Waals surface area contributed by atoms with Crippen LogP contribution in [0.25, 0.3) is 0 Å². The van der Waals surface area contributed by atoms with Gasteiger partial charge in [0.25, 0.3) is 0 Å². The molecule has 14 heavy (non-hydrogen) atoms. The Labute approximate surface area is 87.1 Å². The minimum atomic E-state index is 0.141. The van der Waals surface area contributed by atoms with Crippen molar-refractivity contribution in [1.29, 1.82) is 0 Å². The van der Waals surface area contributed by atoms with Gasteiger partial charge in [0.2, 0.25) is 0 Å². The highest BCUT2D eigenvalue weighted by atomic mass is 16.5. The lowest BCUT2D eigenvalue weighted by molar-refractivity contribution is 0.0591. The molecule has 1 aliphatic rings. The molecular formula is C11H23NO2. The van der Waals surface area contributed by atoms with Gasteiger partial charge >= 0.3 is 0 Å². The lowest BCUT2D eigenvalue weighted by Crippen LogP contribution is -2.46. The van der Waals surface area contributed by atoms with Crippen LogP contribution in [0.2, 0.25) is 0 Å². The first kappa shape index (κ1) is 12.0. The van der Waals surface area contributed by atoms with Gasteiger partial charge in [0.15, 0.2) is 0 Å². The van der Waals surface area contributed by atoms with E-state index in [4.69, 9.17) is 9.84 Å². The first-order chi connectivity index (χ1) is 6.86. The van der Waals surface area contributed by atoms with Crippen LogP contribution >= 0.6 is 0 Å². The molecule has 1 heterocycles. The maximum Gasteiger partial charge on any atom is 0.0697 e. The molecule has 3 nitrogen and oxygen atoms in total. The van der Waals surface area contributed by atoms with E-state index >= 15 is 0 Å². The summed E-state index contributed by atoms with van der Waals surface area (Å²) in [5, 5.41) is 8.49. The van der Waals surface area contributed by atoms with Gasteiger partial charge in [-0.25, -0.2) is 0 Å². The summed E-state index contributed by atoms with van der Waals surface area (Å²) in [6, 6.07) is 0. The molecule has 84 valence electrons. The summed E-state index contributed by atoms with van der Waals surface area (Å²) in [5.41, 5.74) is 0. The molecule has 0 bridgehead atoms. The molecule has 0 unspecified atom stereocenters. The molecule has 0 aliphatic carbocycles. The van der Waals surface area contributed by atoms with Crippen LogP contribution in [0.1, 0.15) is 26.2 Å². The minimum absolute atomic E-state index is 0.141. The number of ether oxygens (including phenoxy) is 1. The molecule has 1 N–H and O–H groups in total. The summed E-state index contributed by atoms with van der Waals surface area (Å²) in [6.45, 7) is 7.40. The Kier molecular flexibility index (Phi) is 6.15. The fraction of sp³-hybridized carbons (Fsp3) is 1.00. The molecule has 1 saturated heterocycles. The van der Waals surface area contributed by atoms with Crippen LogP contribution in [0.5, 0.6) is 0 Å². The number of aliphatic hydroxyl groups excluding tert-OH is 1. The van der Waals surface area contributed by atoms with Crippen molar-refractivity contribution in [2.24, 2.45) is 5.92 Å². The molecule has 0 spiro atoms. The van der Waals surface area contributed by atoms with Gasteiger partial charge in [-0.05, 0) is 18.8 Å². The third-order valence-electron chi connectivity index (χ3n) is 2.73. The number of aliphatic hydroxyl groups is 1. The van der Waals surface area contributed by atoms with Crippen molar-refractivity contribution in [2.75, 3.05) is 39.5 Å². The second-order valence-corrected chi connectivity index (χ2v) is 4.10. The van der Waals surface area contributed by atoms with Gasteiger partial charge in [0, 0.05) is 26.2 Å². The molecule has 0 aromatic carbocycles. The first-order valence-electron chi connectivity index (χ1n) is 5.77. The van der Waals surface area contributed by atoms with Crippen LogP contribution < -0.4 is 0 Å². The monoisotopic (exact) mass is 201 g/mol. The Morgan fingerprint density at radius 2 is 2.14 bits per heavy atom. The Morgan fingerprint density at radius 3 is 2.79 bits per heavy atom. The zero-order valence-corrected chi connectivity index (χ0v) is 9.24. The second-order valence-electron chi connectivity index (χ2n) is 4.10. The predicted molar refractivity (Wildman–Crippen MR) is 57.4 cm³/mol. The zero-order valence-electron chi connectivity index (χ0n) is 9.24. The van der Waals surface area contributed by atoms with Crippen molar-refractivity contribution >= 4 is 0 Å². The quantitative estimate of drug-likeness (QED) is 0.597. The first-order valence-corrected chi connectivity index (χ1v) is 5.77. The normalized spacial score (nSPS) is 18.4. The number of hydrogen-bond acceptors (Lipinski definition) is 3. The molecule has 1 fully saturated rings. The molecule has 0 atom stereocenters. The third kappa shape index (κ3) is 4.40. The van der Waals surface area contributed by atoms with Crippen molar-refractivity contribution in [1.82, 2.24) is 4.90 Å². The van der Waals surface area contributed by atoms with Crippen LogP contribution in [0.15, 0.2) is 0 Å². The van der Waals surface area contributed by atoms with Crippen molar-refractivity contribution < 1.29 is 9.84 Å². The van der Waals surface area contributed by atoms with E-state index in [1.54, 1.807) is 0 Å². The molecule has 1 aliphatic heterocycles. The van der Waals surface area contributed by atoms with Crippen molar-refractivity contribution in [3.8, 4) is 0 Å². The molecular weight excluding hydrogens is 178 g/mol. The van der Waals surface area contributed by atoms with Gasteiger partial charge in [-0.3, -0.25) is 0 Å². The molecule has 3 heteroatoms. The van der Waals surface area contributed by atoms with Crippen LogP contribution in [0, 0.1) is 5.92 Å². The summed E-state index contributed by atoms with van der Waals surface area (Å²) in [4.78, 5) is 2.49. The van der Waals surface area contributed by atoms with Gasteiger partial charge in [0.05, 0.1) is 13.2 Å². The fourth-order valence-corrected chi connectivity index (χ4v) is 2.01. The highest BCUT2D eigenvalue weighted by molar-refractivity contribution is 4.78. The highest BCUT2D eigenvalue weighted by Crippen LogP contribution is 2.19. The second kappa shape index (κ2) is 7.21. The molecule has 0 radical (unpaired) electrons. The van der Waals surface area contributed by atoms with E-state index in [2.05, 4.69) is 11.8 Å². The molecule has 0 amide bonds. The summed E-state index contributed by atoms with van der Waals surface area (Å²) in [5.74, 6) is 0.957. The number of hydrogen-bond donors (Lipinski definition) is 1. The van der Waals surface area contributed by atoms with Crippen LogP contribution in [-0.2, 0) is 4.74 Å². The van der Waals surface area contributed by atoms with Crippen LogP contribution in [-0.4, -0.2) is 49.5 Å². The van der Waals surface area contributed by atoms with Gasteiger partial charge in [-0.1, -0.05) is 13.3 Å². The van der Waals surface area contributed by atoms with E-state index in [9.17, 15) is 0 Å². The summed E-state index contributed by atoms with van der Waals surface area (Å²) < 4.78 is 5.20. The largest absolute Gasteiger partial charge is 0.394 e. The lowest BCUT2D eigenvalue weighted by Gasteiger charge is -2.39. The standard InChI is InChI=1S/C11H23NO2/c1-2-4-11-9-12(10-11)5-3-7-14-8-6-13/h11,13H,2-10H2,1H3. The van der Waals surface area contributed by atoms with Crippen molar-refractivity contribution in [3.05, 3.63) is 0 Å². The summed E-state index contributed by atoms with van der Waals surface area (Å²) in [7, 11) is 0. The fourth-order valence-electron chi connectivity index (χ4n) is 2.01. The van der Waals surface area contributed by atoms with E-state index in [1.165, 1.54) is 25.9 Å². The molecule has 1 rings (SSSR count). The van der Waals surface area contributed by atoms with E-state index in [0.29, 0.717) is 6.61 Å². The topological polar surface area (TPSA) is 32.7 Å². The molecule has 0 aromatic heterocycles. The Bertz CT molecular complexity index is 135. The zero-order chi connectivity index (χ0) is 10.2. The molecule has 0 aromatic rings. The number of rotatable bonds is 8. The van der Waals surface area contributed by atoms with Crippen molar-refractivity contribution in [3.63, 3.8) is 0 Å². The van der Waals surface area contributed by atoms with Gasteiger partial charge in [-0.15, -0.1) is 0 Å². The van der Waals surface area contributed by atoms with E-state index in [0.717, 1.165) is 25.5 Å². The molecule has 0 saturated carbocycles. The predicted octanol–water partition coefficient (Wildman–Crippen LogP) is 1.12. The average molecular weight is 201 g/mol. The van der Waals surface area contributed by atoms with Gasteiger partial charge in [0.1, 0.15) is 0 Å². The summed E-state index contributed by atoms with van der Waals surface area (Å²) >= 11 is 0. The van der Waals surface area contributed by atoms with Crippen LogP contribution in [0.3, 0.4) is 0 Å². The third-order valence-corrected chi connectivity index (χ3v) is 2.73. The van der Waals surface area contributed by atoms with Gasteiger partial charge < -0.3 is 14.7 Å².